The van der Waals surface area contributed by atoms with E-state index in [0.717, 1.165) is 5.56 Å². The lowest BCUT2D eigenvalue weighted by atomic mass is 10.0. The van der Waals surface area contributed by atoms with Gasteiger partial charge in [-0.15, -0.1) is 0 Å². The fourth-order valence-electron chi connectivity index (χ4n) is 3.01. The standard InChI is InChI=1S/C17H21N5O2/c1-13-5-3-7-18-14(13)15(23)21(2)11-17(24)6-10-22(12-17)16-19-8-4-9-20-16/h3-5,7-9,24H,6,10-12H2,1-2H3/t17-/m1/s1. The number of rotatable bonds is 4. The molecule has 1 aliphatic heterocycles. The number of aliphatic hydroxyl groups is 1. The van der Waals surface area contributed by atoms with Gasteiger partial charge in [0.05, 0.1) is 13.1 Å². The molecule has 1 aliphatic rings. The first kappa shape index (κ1) is 16.3. The van der Waals surface area contributed by atoms with Crippen molar-refractivity contribution >= 4 is 11.9 Å². The van der Waals surface area contributed by atoms with Crippen molar-refractivity contribution in [2.45, 2.75) is 18.9 Å². The molecule has 7 nitrogen and oxygen atoms in total. The number of aryl methyl sites for hydroxylation is 1. The lowest BCUT2D eigenvalue weighted by Crippen LogP contribution is -2.46. The Kier molecular flexibility index (Phi) is 4.44. The Morgan fingerprint density at radius 2 is 2.00 bits per heavy atom. The number of carbonyl (C=O) groups excluding carboxylic acids is 1. The van der Waals surface area contributed by atoms with E-state index in [-0.39, 0.29) is 12.5 Å². The van der Waals surface area contributed by atoms with Crippen LogP contribution in [0.15, 0.2) is 36.8 Å². The van der Waals surface area contributed by atoms with Crippen LogP contribution in [0.4, 0.5) is 5.95 Å². The van der Waals surface area contributed by atoms with Gasteiger partial charge in [0, 0.05) is 32.2 Å². The van der Waals surface area contributed by atoms with Crippen molar-refractivity contribution in [2.75, 3.05) is 31.6 Å². The largest absolute Gasteiger partial charge is 0.386 e. The van der Waals surface area contributed by atoms with E-state index < -0.39 is 5.60 Å². The average molecular weight is 327 g/mol. The maximum atomic E-state index is 12.6. The van der Waals surface area contributed by atoms with Crippen molar-refractivity contribution in [3.8, 4) is 0 Å². The van der Waals surface area contributed by atoms with Gasteiger partial charge >= 0.3 is 0 Å². The van der Waals surface area contributed by atoms with Crippen LogP contribution in [0.25, 0.3) is 0 Å². The Morgan fingerprint density at radius 3 is 2.71 bits per heavy atom. The molecule has 0 bridgehead atoms. The van der Waals surface area contributed by atoms with Crippen LogP contribution in [0.1, 0.15) is 22.5 Å². The summed E-state index contributed by atoms with van der Waals surface area (Å²) in [6, 6.07) is 5.41. The maximum absolute atomic E-state index is 12.6. The summed E-state index contributed by atoms with van der Waals surface area (Å²) in [4.78, 5) is 28.6. The fourth-order valence-corrected chi connectivity index (χ4v) is 3.01. The number of likely N-dealkylation sites (N-methyl/N-ethyl adjacent to an activating group) is 1. The van der Waals surface area contributed by atoms with Gasteiger partial charge < -0.3 is 14.9 Å². The molecule has 126 valence electrons. The summed E-state index contributed by atoms with van der Waals surface area (Å²) < 4.78 is 0. The number of pyridine rings is 1. The van der Waals surface area contributed by atoms with Crippen LogP contribution in [0.2, 0.25) is 0 Å². The molecule has 1 atom stereocenters. The summed E-state index contributed by atoms with van der Waals surface area (Å²) in [7, 11) is 1.69. The third-order valence-corrected chi connectivity index (χ3v) is 4.26. The second kappa shape index (κ2) is 6.52. The molecule has 7 heteroatoms. The molecule has 3 rings (SSSR count). The fraction of sp³-hybridized carbons (Fsp3) is 0.412. The van der Waals surface area contributed by atoms with Crippen LogP contribution in [0.3, 0.4) is 0 Å². The Hall–Kier alpha value is -2.54. The summed E-state index contributed by atoms with van der Waals surface area (Å²) >= 11 is 0. The molecular weight excluding hydrogens is 306 g/mol. The SMILES string of the molecule is Cc1cccnc1C(=O)N(C)C[C@]1(O)CCN(c2ncccn2)C1. The van der Waals surface area contributed by atoms with Gasteiger partial charge in [0.15, 0.2) is 0 Å². The summed E-state index contributed by atoms with van der Waals surface area (Å²) in [5.74, 6) is 0.416. The van der Waals surface area contributed by atoms with Crippen molar-refractivity contribution in [1.82, 2.24) is 19.9 Å². The molecule has 1 fully saturated rings. The number of aromatic nitrogens is 3. The van der Waals surface area contributed by atoms with E-state index in [1.165, 1.54) is 4.90 Å². The molecule has 3 heterocycles. The van der Waals surface area contributed by atoms with E-state index in [0.29, 0.717) is 31.2 Å². The molecule has 0 radical (unpaired) electrons. The second-order valence-electron chi connectivity index (χ2n) is 6.27. The van der Waals surface area contributed by atoms with Gasteiger partial charge in [-0.3, -0.25) is 9.78 Å². The predicted molar refractivity (Wildman–Crippen MR) is 89.7 cm³/mol. The van der Waals surface area contributed by atoms with Gasteiger partial charge in [-0.05, 0) is 31.0 Å². The lowest BCUT2D eigenvalue weighted by molar-refractivity contribution is 0.0261. The Morgan fingerprint density at radius 1 is 1.29 bits per heavy atom. The number of hydrogen-bond acceptors (Lipinski definition) is 6. The Balaban J connectivity index is 1.67. The third-order valence-electron chi connectivity index (χ3n) is 4.26. The summed E-state index contributed by atoms with van der Waals surface area (Å²) in [5.41, 5.74) is 0.267. The minimum absolute atomic E-state index is 0.184. The van der Waals surface area contributed by atoms with E-state index in [4.69, 9.17) is 0 Å². The normalized spacial score (nSPS) is 20.2. The smallest absolute Gasteiger partial charge is 0.272 e. The van der Waals surface area contributed by atoms with Crippen LogP contribution >= 0.6 is 0 Å². The second-order valence-corrected chi connectivity index (χ2v) is 6.27. The maximum Gasteiger partial charge on any atom is 0.272 e. The predicted octanol–water partition coefficient (Wildman–Crippen LogP) is 0.893. The van der Waals surface area contributed by atoms with Gasteiger partial charge in [-0.2, -0.15) is 0 Å². The molecule has 1 amide bonds. The zero-order valence-corrected chi connectivity index (χ0v) is 13.9. The van der Waals surface area contributed by atoms with Crippen LogP contribution in [0.5, 0.6) is 0 Å². The van der Waals surface area contributed by atoms with Gasteiger partial charge in [-0.25, -0.2) is 9.97 Å². The lowest BCUT2D eigenvalue weighted by Gasteiger charge is -2.29. The number of β-amino-alcohol motifs (C(OH)–C–C–N with tert-alkyl or cyclic N) is 1. The molecule has 1 N–H and O–H groups in total. The highest BCUT2D eigenvalue weighted by Gasteiger charge is 2.39. The topological polar surface area (TPSA) is 82.5 Å². The van der Waals surface area contributed by atoms with Gasteiger partial charge in [0.2, 0.25) is 5.95 Å². The van der Waals surface area contributed by atoms with Gasteiger partial charge in [-0.1, -0.05) is 6.07 Å². The van der Waals surface area contributed by atoms with Gasteiger partial charge in [0.1, 0.15) is 11.3 Å². The zero-order valence-electron chi connectivity index (χ0n) is 13.9. The highest BCUT2D eigenvalue weighted by molar-refractivity contribution is 5.93. The molecule has 2 aromatic rings. The minimum atomic E-state index is -0.980. The van der Waals surface area contributed by atoms with Crippen molar-refractivity contribution in [1.29, 1.82) is 0 Å². The molecule has 0 saturated carbocycles. The van der Waals surface area contributed by atoms with E-state index in [2.05, 4.69) is 15.0 Å². The average Bonchev–Trinajstić information content (AvgIpc) is 2.97. The van der Waals surface area contributed by atoms with Gasteiger partial charge in [0.25, 0.3) is 5.91 Å². The van der Waals surface area contributed by atoms with Crippen molar-refractivity contribution < 1.29 is 9.90 Å². The molecule has 0 unspecified atom stereocenters. The van der Waals surface area contributed by atoms with Crippen molar-refractivity contribution in [2.24, 2.45) is 0 Å². The molecule has 24 heavy (non-hydrogen) atoms. The monoisotopic (exact) mass is 327 g/mol. The molecular formula is C17H21N5O2. The number of anilines is 1. The molecule has 0 aliphatic carbocycles. The molecule has 1 saturated heterocycles. The van der Waals surface area contributed by atoms with Crippen LogP contribution in [0, 0.1) is 6.92 Å². The van der Waals surface area contributed by atoms with E-state index >= 15 is 0 Å². The number of hydrogen-bond donors (Lipinski definition) is 1. The van der Waals surface area contributed by atoms with E-state index in [9.17, 15) is 9.90 Å². The molecule has 2 aromatic heterocycles. The van der Waals surface area contributed by atoms with E-state index in [1.54, 1.807) is 37.8 Å². The number of nitrogens with zero attached hydrogens (tertiary/aromatic N) is 5. The first-order valence-corrected chi connectivity index (χ1v) is 7.90. The third kappa shape index (κ3) is 3.35. The molecule has 0 spiro atoms. The highest BCUT2D eigenvalue weighted by Crippen LogP contribution is 2.25. The summed E-state index contributed by atoms with van der Waals surface area (Å²) in [6.45, 7) is 3.15. The number of carbonyl (C=O) groups is 1. The van der Waals surface area contributed by atoms with Crippen molar-refractivity contribution in [3.05, 3.63) is 48.0 Å². The first-order valence-electron chi connectivity index (χ1n) is 7.90. The quantitative estimate of drug-likeness (QED) is 0.898. The van der Waals surface area contributed by atoms with Crippen LogP contribution in [-0.4, -0.2) is 63.1 Å². The number of amides is 1. The summed E-state index contributed by atoms with van der Waals surface area (Å²) in [6.07, 6.45) is 5.52. The summed E-state index contributed by atoms with van der Waals surface area (Å²) in [5, 5.41) is 10.8. The Labute approximate surface area is 141 Å². The minimum Gasteiger partial charge on any atom is -0.386 e. The zero-order chi connectivity index (χ0) is 17.2. The van der Waals surface area contributed by atoms with E-state index in [1.807, 2.05) is 17.9 Å². The molecule has 0 aromatic carbocycles. The Bertz CT molecular complexity index is 724. The van der Waals surface area contributed by atoms with Crippen LogP contribution in [-0.2, 0) is 0 Å². The highest BCUT2D eigenvalue weighted by atomic mass is 16.3. The first-order chi connectivity index (χ1) is 11.5. The van der Waals surface area contributed by atoms with Crippen LogP contribution < -0.4 is 4.90 Å². The van der Waals surface area contributed by atoms with Crippen molar-refractivity contribution in [3.63, 3.8) is 0 Å².